The zero-order valence-corrected chi connectivity index (χ0v) is 18.8. The standard InChI is InChI=1S/C22H22BrFN6O2/c23-19-18(11-27-22(12-31)3-5-32-6-4-22)29-21-16(10-28-30(21)20(19)25)14-7-13-8-15(24)1-2-17(13)26-9-14/h1-2,7-10,27,31H,3-6,11-12,25H2. The van der Waals surface area contributed by atoms with Crippen LogP contribution in [0.4, 0.5) is 10.2 Å². The van der Waals surface area contributed by atoms with Gasteiger partial charge in [0, 0.05) is 48.0 Å². The fourth-order valence-electron chi connectivity index (χ4n) is 4.04. The van der Waals surface area contributed by atoms with E-state index in [0.29, 0.717) is 52.3 Å². The minimum atomic E-state index is -0.407. The van der Waals surface area contributed by atoms with E-state index in [-0.39, 0.29) is 12.4 Å². The van der Waals surface area contributed by atoms with Gasteiger partial charge in [0.15, 0.2) is 5.65 Å². The highest BCUT2D eigenvalue weighted by molar-refractivity contribution is 9.10. The molecule has 1 aliphatic rings. The Hall–Kier alpha value is -2.66. The minimum absolute atomic E-state index is 0.0168. The van der Waals surface area contributed by atoms with Gasteiger partial charge in [-0.3, -0.25) is 4.98 Å². The second-order valence-corrected chi connectivity index (χ2v) is 8.81. The van der Waals surface area contributed by atoms with Gasteiger partial charge in [0.25, 0.3) is 0 Å². The molecule has 4 N–H and O–H groups in total. The van der Waals surface area contributed by atoms with Crippen molar-refractivity contribution in [2.24, 2.45) is 0 Å². The van der Waals surface area contributed by atoms with Crippen LogP contribution in [-0.2, 0) is 11.3 Å². The second-order valence-electron chi connectivity index (χ2n) is 8.02. The van der Waals surface area contributed by atoms with Gasteiger partial charge in [-0.2, -0.15) is 9.61 Å². The van der Waals surface area contributed by atoms with Gasteiger partial charge in [-0.1, -0.05) is 0 Å². The van der Waals surface area contributed by atoms with Gasteiger partial charge in [-0.25, -0.2) is 9.37 Å². The van der Waals surface area contributed by atoms with E-state index in [9.17, 15) is 9.50 Å². The Morgan fingerprint density at radius 3 is 2.84 bits per heavy atom. The number of hydrogen-bond donors (Lipinski definition) is 3. The first-order valence-electron chi connectivity index (χ1n) is 10.3. The molecule has 166 valence electrons. The average molecular weight is 501 g/mol. The fourth-order valence-corrected chi connectivity index (χ4v) is 4.44. The van der Waals surface area contributed by atoms with Crippen LogP contribution >= 0.6 is 15.9 Å². The van der Waals surface area contributed by atoms with E-state index in [1.54, 1.807) is 23.0 Å². The maximum Gasteiger partial charge on any atom is 0.165 e. The molecule has 1 aromatic carbocycles. The molecule has 0 aliphatic carbocycles. The Kier molecular flexibility index (Phi) is 5.54. The van der Waals surface area contributed by atoms with Crippen molar-refractivity contribution >= 4 is 38.3 Å². The van der Waals surface area contributed by atoms with E-state index in [2.05, 4.69) is 31.3 Å². The molecule has 1 saturated heterocycles. The third-order valence-electron chi connectivity index (χ3n) is 6.03. The Bertz CT molecular complexity index is 1300. The van der Waals surface area contributed by atoms with E-state index >= 15 is 0 Å². The van der Waals surface area contributed by atoms with Crippen molar-refractivity contribution in [3.05, 3.63) is 52.6 Å². The van der Waals surface area contributed by atoms with Crippen LogP contribution in [-0.4, -0.2) is 50.0 Å². The summed E-state index contributed by atoms with van der Waals surface area (Å²) in [6, 6.07) is 6.35. The number of benzene rings is 1. The summed E-state index contributed by atoms with van der Waals surface area (Å²) in [7, 11) is 0. The number of pyridine rings is 1. The first-order chi connectivity index (χ1) is 15.5. The predicted octanol–water partition coefficient (Wildman–Crippen LogP) is 3.06. The topological polar surface area (TPSA) is 111 Å². The number of nitrogens with one attached hydrogen (secondary N) is 1. The molecular formula is C22H22BrFN6O2. The average Bonchev–Trinajstić information content (AvgIpc) is 3.24. The third-order valence-corrected chi connectivity index (χ3v) is 6.89. The molecule has 0 bridgehead atoms. The molecule has 0 saturated carbocycles. The van der Waals surface area contributed by atoms with Gasteiger partial charge >= 0.3 is 0 Å². The Labute approximate surface area is 191 Å². The smallest absolute Gasteiger partial charge is 0.165 e. The first kappa shape index (κ1) is 21.2. The second kappa shape index (κ2) is 8.36. The van der Waals surface area contributed by atoms with E-state index in [1.807, 2.05) is 6.07 Å². The fraction of sp³-hybridized carbons (Fsp3) is 0.318. The molecule has 4 heterocycles. The lowest BCUT2D eigenvalue weighted by atomic mass is 9.91. The maximum absolute atomic E-state index is 13.7. The summed E-state index contributed by atoms with van der Waals surface area (Å²) in [6.45, 7) is 1.63. The summed E-state index contributed by atoms with van der Waals surface area (Å²) in [4.78, 5) is 9.26. The highest BCUT2D eigenvalue weighted by Gasteiger charge is 2.32. The quantitative estimate of drug-likeness (QED) is 0.386. The van der Waals surface area contributed by atoms with Crippen LogP contribution in [0.15, 0.2) is 41.1 Å². The molecule has 0 spiro atoms. The molecule has 1 aliphatic heterocycles. The predicted molar refractivity (Wildman–Crippen MR) is 123 cm³/mol. The number of fused-ring (bicyclic) bond motifs is 2. The molecule has 5 rings (SSSR count). The summed E-state index contributed by atoms with van der Waals surface area (Å²) < 4.78 is 21.3. The van der Waals surface area contributed by atoms with Crippen molar-refractivity contribution in [2.75, 3.05) is 25.6 Å². The number of hydrogen-bond acceptors (Lipinski definition) is 7. The summed E-state index contributed by atoms with van der Waals surface area (Å²) in [5.41, 5.74) is 9.43. The van der Waals surface area contributed by atoms with Crippen molar-refractivity contribution < 1.29 is 14.2 Å². The number of nitrogens with zero attached hydrogens (tertiary/aromatic N) is 4. The molecule has 4 aromatic rings. The lowest BCUT2D eigenvalue weighted by Gasteiger charge is -2.36. The summed E-state index contributed by atoms with van der Waals surface area (Å²) in [5.74, 6) is 0.102. The molecule has 8 nitrogen and oxygen atoms in total. The molecule has 32 heavy (non-hydrogen) atoms. The number of aromatic nitrogens is 4. The van der Waals surface area contributed by atoms with E-state index in [1.165, 1.54) is 12.1 Å². The number of aliphatic hydroxyl groups is 1. The molecule has 1 fully saturated rings. The van der Waals surface area contributed by atoms with Crippen molar-refractivity contribution in [1.29, 1.82) is 0 Å². The van der Waals surface area contributed by atoms with Gasteiger partial charge in [-0.05, 0) is 53.0 Å². The summed E-state index contributed by atoms with van der Waals surface area (Å²) in [6.07, 6.45) is 4.84. The van der Waals surface area contributed by atoms with Crippen molar-refractivity contribution in [3.8, 4) is 11.1 Å². The Morgan fingerprint density at radius 2 is 2.06 bits per heavy atom. The third kappa shape index (κ3) is 3.73. The van der Waals surface area contributed by atoms with Crippen LogP contribution < -0.4 is 11.1 Å². The molecule has 10 heteroatoms. The van der Waals surface area contributed by atoms with Gasteiger partial charge in [0.2, 0.25) is 0 Å². The molecule has 3 aromatic heterocycles. The highest BCUT2D eigenvalue weighted by Crippen LogP contribution is 2.31. The number of nitrogen functional groups attached to an aromatic ring is 1. The van der Waals surface area contributed by atoms with Crippen LogP contribution in [0, 0.1) is 5.82 Å². The van der Waals surface area contributed by atoms with Crippen LogP contribution in [0.25, 0.3) is 27.7 Å². The van der Waals surface area contributed by atoms with Crippen LogP contribution in [0.3, 0.4) is 0 Å². The van der Waals surface area contributed by atoms with E-state index < -0.39 is 5.54 Å². The van der Waals surface area contributed by atoms with Crippen molar-refractivity contribution in [2.45, 2.75) is 24.9 Å². The molecule has 0 unspecified atom stereocenters. The monoisotopic (exact) mass is 500 g/mol. The number of rotatable bonds is 5. The maximum atomic E-state index is 13.7. The SMILES string of the molecule is Nc1c(Br)c(CNC2(CO)CCOCC2)nc2c(-c3cnc4ccc(F)cc4c3)cnn12. The molecule has 0 atom stereocenters. The molecular weight excluding hydrogens is 479 g/mol. The lowest BCUT2D eigenvalue weighted by molar-refractivity contribution is 0.0110. The number of halogens is 2. The van der Waals surface area contributed by atoms with Crippen LogP contribution in [0.5, 0.6) is 0 Å². The number of nitrogens with two attached hydrogens (primary N) is 1. The number of ether oxygens (including phenoxy) is 1. The number of aliphatic hydroxyl groups excluding tert-OH is 1. The first-order valence-corrected chi connectivity index (χ1v) is 11.1. The van der Waals surface area contributed by atoms with Gasteiger partial charge in [-0.15, -0.1) is 0 Å². The summed E-state index contributed by atoms with van der Waals surface area (Å²) in [5, 5.41) is 18.5. The minimum Gasteiger partial charge on any atom is -0.394 e. The zero-order chi connectivity index (χ0) is 22.3. The highest BCUT2D eigenvalue weighted by atomic mass is 79.9. The van der Waals surface area contributed by atoms with Gasteiger partial charge < -0.3 is 20.9 Å². The zero-order valence-electron chi connectivity index (χ0n) is 17.2. The molecule has 0 amide bonds. The lowest BCUT2D eigenvalue weighted by Crippen LogP contribution is -2.52. The van der Waals surface area contributed by atoms with E-state index in [0.717, 1.165) is 24.0 Å². The summed E-state index contributed by atoms with van der Waals surface area (Å²) >= 11 is 3.54. The normalized spacial score (nSPS) is 16.1. The van der Waals surface area contributed by atoms with Crippen molar-refractivity contribution in [3.63, 3.8) is 0 Å². The van der Waals surface area contributed by atoms with E-state index in [4.69, 9.17) is 15.5 Å². The Balaban J connectivity index is 1.54. The van der Waals surface area contributed by atoms with Crippen molar-refractivity contribution in [1.82, 2.24) is 24.9 Å². The van der Waals surface area contributed by atoms with Crippen LogP contribution in [0.2, 0.25) is 0 Å². The van der Waals surface area contributed by atoms with Gasteiger partial charge in [0.1, 0.15) is 11.6 Å². The van der Waals surface area contributed by atoms with Crippen LogP contribution in [0.1, 0.15) is 18.5 Å². The Morgan fingerprint density at radius 1 is 1.25 bits per heavy atom. The van der Waals surface area contributed by atoms with Gasteiger partial charge in [0.05, 0.1) is 28.5 Å². The largest absolute Gasteiger partial charge is 0.394 e. The molecule has 0 radical (unpaired) electrons. The number of anilines is 1.